The number of piperidine rings is 1. The number of aromatic nitrogens is 1. The van der Waals surface area contributed by atoms with E-state index in [0.29, 0.717) is 24.8 Å². The molecule has 2 heterocycles. The third kappa shape index (κ3) is 5.26. The molecule has 2 aliphatic rings. The highest BCUT2D eigenvalue weighted by Crippen LogP contribution is 2.32. The molecule has 25 heavy (non-hydrogen) atoms. The van der Waals surface area contributed by atoms with Gasteiger partial charge < -0.3 is 10.6 Å². The van der Waals surface area contributed by atoms with Crippen LogP contribution in [0.1, 0.15) is 38.3 Å². The molecule has 136 valence electrons. The summed E-state index contributed by atoms with van der Waals surface area (Å²) in [5, 5.41) is 5.99. The number of hydrogen-bond donors (Lipinski definition) is 2. The van der Waals surface area contributed by atoms with Crippen LogP contribution in [0.3, 0.4) is 0 Å². The summed E-state index contributed by atoms with van der Waals surface area (Å²) in [5.41, 5.74) is 0.879. The minimum Gasteiger partial charge on any atom is -0.352 e. The molecule has 2 atom stereocenters. The van der Waals surface area contributed by atoms with Gasteiger partial charge in [0.25, 0.3) is 0 Å². The van der Waals surface area contributed by atoms with Gasteiger partial charge in [-0.15, -0.1) is 0 Å². The van der Waals surface area contributed by atoms with Gasteiger partial charge in [-0.2, -0.15) is 0 Å². The molecule has 2 amide bonds. The van der Waals surface area contributed by atoms with Crippen molar-refractivity contribution in [3.05, 3.63) is 23.9 Å². The summed E-state index contributed by atoms with van der Waals surface area (Å²) < 4.78 is 0. The topological polar surface area (TPSA) is 74.3 Å². The van der Waals surface area contributed by atoms with Crippen LogP contribution in [0.25, 0.3) is 0 Å². The van der Waals surface area contributed by atoms with E-state index >= 15 is 0 Å². The van der Waals surface area contributed by atoms with E-state index in [9.17, 15) is 9.59 Å². The number of likely N-dealkylation sites (tertiary alicyclic amines) is 1. The van der Waals surface area contributed by atoms with Gasteiger partial charge in [-0.05, 0) is 64.1 Å². The Balaban J connectivity index is 1.48. The van der Waals surface area contributed by atoms with Gasteiger partial charge in [-0.1, -0.05) is 6.07 Å². The zero-order valence-electron chi connectivity index (χ0n) is 15.1. The number of amides is 2. The van der Waals surface area contributed by atoms with Crippen LogP contribution in [-0.2, 0) is 9.59 Å². The second-order valence-electron chi connectivity index (χ2n) is 7.42. The summed E-state index contributed by atoms with van der Waals surface area (Å²) >= 11 is 0. The Bertz CT molecular complexity index is 630. The second-order valence-corrected chi connectivity index (χ2v) is 7.42. The average molecular weight is 344 g/mol. The minimum absolute atomic E-state index is 0.00504. The number of hydrogen-bond acceptors (Lipinski definition) is 4. The van der Waals surface area contributed by atoms with E-state index in [1.54, 1.807) is 6.07 Å². The summed E-state index contributed by atoms with van der Waals surface area (Å²) in [5.74, 6) is 1.23. The summed E-state index contributed by atoms with van der Waals surface area (Å²) in [7, 11) is 0. The van der Waals surface area contributed by atoms with E-state index in [0.717, 1.165) is 25.1 Å². The van der Waals surface area contributed by atoms with Crippen LogP contribution in [0, 0.1) is 18.8 Å². The van der Waals surface area contributed by atoms with E-state index < -0.39 is 0 Å². The number of carbonyl (C=O) groups is 2. The van der Waals surface area contributed by atoms with Crippen molar-refractivity contribution in [1.29, 1.82) is 0 Å². The third-order valence-corrected chi connectivity index (χ3v) is 5.10. The molecule has 0 unspecified atom stereocenters. The van der Waals surface area contributed by atoms with Crippen molar-refractivity contribution in [2.45, 2.75) is 45.6 Å². The molecular formula is C19H28N4O2. The fourth-order valence-electron chi connectivity index (χ4n) is 3.47. The lowest BCUT2D eigenvalue weighted by Gasteiger charge is -2.31. The molecule has 1 saturated heterocycles. The first kappa shape index (κ1) is 17.9. The summed E-state index contributed by atoms with van der Waals surface area (Å²) in [6.45, 7) is 5.86. The number of nitrogens with zero attached hydrogens (tertiary/aromatic N) is 2. The summed E-state index contributed by atoms with van der Waals surface area (Å²) in [4.78, 5) is 31.1. The van der Waals surface area contributed by atoms with Crippen LogP contribution in [0.15, 0.2) is 18.2 Å². The van der Waals surface area contributed by atoms with E-state index in [1.165, 1.54) is 12.8 Å². The molecule has 6 nitrogen and oxygen atoms in total. The van der Waals surface area contributed by atoms with Gasteiger partial charge in [0.1, 0.15) is 5.82 Å². The lowest BCUT2D eigenvalue weighted by atomic mass is 9.97. The molecule has 0 radical (unpaired) electrons. The first-order chi connectivity index (χ1) is 12.0. The molecule has 6 heteroatoms. The molecule has 0 bridgehead atoms. The van der Waals surface area contributed by atoms with Crippen LogP contribution in [0.2, 0.25) is 0 Å². The van der Waals surface area contributed by atoms with Gasteiger partial charge in [0.05, 0.1) is 12.5 Å². The quantitative estimate of drug-likeness (QED) is 0.827. The second kappa shape index (κ2) is 7.95. The van der Waals surface area contributed by atoms with Crippen LogP contribution in [0.4, 0.5) is 5.82 Å². The number of carbonyl (C=O) groups excluding carboxylic acids is 2. The Kier molecular flexibility index (Phi) is 5.68. The normalized spacial score (nSPS) is 22.2. The van der Waals surface area contributed by atoms with Crippen molar-refractivity contribution in [2.75, 3.05) is 25.0 Å². The fourth-order valence-corrected chi connectivity index (χ4v) is 3.47. The number of anilines is 1. The third-order valence-electron chi connectivity index (χ3n) is 5.10. The molecule has 0 spiro atoms. The van der Waals surface area contributed by atoms with Crippen LogP contribution >= 0.6 is 0 Å². The first-order valence-corrected chi connectivity index (χ1v) is 9.27. The standard InChI is InChI=1S/C19H28N4O2/c1-13-5-3-7-17(20-13)22-19(25)16-6-4-10-23(11-16)12-18(24)21-14(2)15-8-9-15/h3,5,7,14-16H,4,6,8-12H2,1-2H3,(H,21,24)(H,20,22,25)/t14-,16+/m1/s1. The molecular weight excluding hydrogens is 316 g/mol. The number of pyridine rings is 1. The van der Waals surface area contributed by atoms with Crippen molar-refractivity contribution in [3.8, 4) is 0 Å². The SMILES string of the molecule is Cc1cccc(NC(=O)[C@H]2CCCN(CC(=O)N[C@H](C)C3CC3)C2)n1. The highest BCUT2D eigenvalue weighted by molar-refractivity contribution is 5.92. The van der Waals surface area contributed by atoms with Gasteiger partial charge in [-0.3, -0.25) is 14.5 Å². The summed E-state index contributed by atoms with van der Waals surface area (Å²) in [6, 6.07) is 5.86. The maximum Gasteiger partial charge on any atom is 0.234 e. The molecule has 1 aromatic heterocycles. The lowest BCUT2D eigenvalue weighted by Crippen LogP contribution is -2.47. The molecule has 1 aromatic rings. The molecule has 0 aromatic carbocycles. The Labute approximate surface area is 149 Å². The van der Waals surface area contributed by atoms with Crippen LogP contribution in [0.5, 0.6) is 0 Å². The predicted molar refractivity (Wildman–Crippen MR) is 97.1 cm³/mol. The summed E-state index contributed by atoms with van der Waals surface area (Å²) in [6.07, 6.45) is 4.24. The van der Waals surface area contributed by atoms with Gasteiger partial charge in [-0.25, -0.2) is 4.98 Å². The van der Waals surface area contributed by atoms with Crippen molar-refractivity contribution < 1.29 is 9.59 Å². The number of aryl methyl sites for hydroxylation is 1. The maximum atomic E-state index is 12.5. The molecule has 1 saturated carbocycles. The lowest BCUT2D eigenvalue weighted by molar-refractivity contribution is -0.126. The Morgan fingerprint density at radius 3 is 2.84 bits per heavy atom. The van der Waals surface area contributed by atoms with Crippen LogP contribution < -0.4 is 10.6 Å². The Morgan fingerprint density at radius 1 is 1.32 bits per heavy atom. The van der Waals surface area contributed by atoms with Crippen molar-refractivity contribution >= 4 is 17.6 Å². The zero-order chi connectivity index (χ0) is 17.8. The molecule has 3 rings (SSSR count). The highest BCUT2D eigenvalue weighted by Gasteiger charge is 2.30. The number of nitrogens with one attached hydrogen (secondary N) is 2. The maximum absolute atomic E-state index is 12.5. The monoisotopic (exact) mass is 344 g/mol. The van der Waals surface area contributed by atoms with Gasteiger partial charge in [0.2, 0.25) is 11.8 Å². The Morgan fingerprint density at radius 2 is 2.12 bits per heavy atom. The average Bonchev–Trinajstić information content (AvgIpc) is 3.40. The van der Waals surface area contributed by atoms with E-state index in [1.807, 2.05) is 19.1 Å². The minimum atomic E-state index is -0.0929. The molecule has 1 aliphatic heterocycles. The van der Waals surface area contributed by atoms with Gasteiger partial charge >= 0.3 is 0 Å². The van der Waals surface area contributed by atoms with Crippen molar-refractivity contribution in [3.63, 3.8) is 0 Å². The van der Waals surface area contributed by atoms with E-state index in [4.69, 9.17) is 0 Å². The molecule has 2 N–H and O–H groups in total. The van der Waals surface area contributed by atoms with Crippen LogP contribution in [-0.4, -0.2) is 47.4 Å². The first-order valence-electron chi connectivity index (χ1n) is 9.27. The largest absolute Gasteiger partial charge is 0.352 e. The Hall–Kier alpha value is -1.95. The van der Waals surface area contributed by atoms with Crippen molar-refractivity contribution in [1.82, 2.24) is 15.2 Å². The zero-order valence-corrected chi connectivity index (χ0v) is 15.1. The smallest absolute Gasteiger partial charge is 0.234 e. The fraction of sp³-hybridized carbons (Fsp3) is 0.632. The number of rotatable bonds is 6. The molecule has 2 fully saturated rings. The van der Waals surface area contributed by atoms with E-state index in [-0.39, 0.29) is 23.8 Å². The molecule has 1 aliphatic carbocycles. The van der Waals surface area contributed by atoms with Gasteiger partial charge in [0, 0.05) is 18.3 Å². The van der Waals surface area contributed by atoms with E-state index in [2.05, 4.69) is 27.4 Å². The van der Waals surface area contributed by atoms with Crippen molar-refractivity contribution in [2.24, 2.45) is 11.8 Å². The van der Waals surface area contributed by atoms with Gasteiger partial charge in [0.15, 0.2) is 0 Å². The highest BCUT2D eigenvalue weighted by atomic mass is 16.2. The predicted octanol–water partition coefficient (Wildman–Crippen LogP) is 1.96.